The van der Waals surface area contributed by atoms with Crippen LogP contribution in [0.2, 0.25) is 0 Å². The van der Waals surface area contributed by atoms with Gasteiger partial charge in [0.05, 0.1) is 32.1 Å². The normalized spacial score (nSPS) is 12.8. The number of ether oxygens (including phenoxy) is 2. The van der Waals surface area contributed by atoms with E-state index < -0.39 is 6.09 Å². The Balaban J connectivity index is 1.81. The molecule has 1 aliphatic heterocycles. The molecule has 0 radical (unpaired) electrons. The lowest BCUT2D eigenvalue weighted by atomic mass is 9.95. The number of methoxy groups -OCH3 is 2. The van der Waals surface area contributed by atoms with Crippen molar-refractivity contribution in [2.24, 2.45) is 0 Å². The Morgan fingerprint density at radius 3 is 2.56 bits per heavy atom. The minimum Gasteiger partial charge on any atom is -0.493 e. The molecule has 0 aliphatic carbocycles. The number of amides is 2. The van der Waals surface area contributed by atoms with Gasteiger partial charge in [-0.3, -0.25) is 4.79 Å². The zero-order chi connectivity index (χ0) is 22.8. The van der Waals surface area contributed by atoms with Gasteiger partial charge < -0.3 is 30.5 Å². The second kappa shape index (κ2) is 8.80. The summed E-state index contributed by atoms with van der Waals surface area (Å²) in [6.45, 7) is 0.614. The summed E-state index contributed by atoms with van der Waals surface area (Å²) in [6, 6.07) is 12.6. The Hall–Kier alpha value is -3.72. The van der Waals surface area contributed by atoms with Crippen molar-refractivity contribution in [1.82, 2.24) is 4.90 Å². The Morgan fingerprint density at radius 1 is 1.12 bits per heavy atom. The smallest absolute Gasteiger partial charge is 0.407 e. The topological polar surface area (TPSA) is 114 Å². The predicted molar refractivity (Wildman–Crippen MR) is 124 cm³/mol. The second-order valence-corrected chi connectivity index (χ2v) is 8.38. The number of anilines is 2. The van der Waals surface area contributed by atoms with Gasteiger partial charge in [-0.1, -0.05) is 18.2 Å². The molecule has 3 aromatic rings. The van der Waals surface area contributed by atoms with Crippen molar-refractivity contribution in [3.63, 3.8) is 0 Å². The number of nitrogens with zero attached hydrogens (tertiary/aromatic N) is 1. The summed E-state index contributed by atoms with van der Waals surface area (Å²) in [5.74, 6) is 0.834. The quantitative estimate of drug-likeness (QED) is 0.496. The van der Waals surface area contributed by atoms with Gasteiger partial charge in [0.2, 0.25) is 0 Å². The van der Waals surface area contributed by atoms with Crippen molar-refractivity contribution in [2.75, 3.05) is 31.8 Å². The van der Waals surface area contributed by atoms with Crippen LogP contribution in [-0.2, 0) is 13.0 Å². The van der Waals surface area contributed by atoms with E-state index in [1.165, 1.54) is 16.2 Å². The highest BCUT2D eigenvalue weighted by atomic mass is 32.1. The molecule has 1 aliphatic rings. The maximum absolute atomic E-state index is 13.3. The number of para-hydroxylation sites is 2. The van der Waals surface area contributed by atoms with E-state index in [0.717, 1.165) is 21.6 Å². The number of carbonyl (C=O) groups is 2. The van der Waals surface area contributed by atoms with Crippen LogP contribution in [0.4, 0.5) is 16.2 Å². The number of hydrogen-bond acceptors (Lipinski definition) is 6. The fraction of sp³-hybridized carbons (Fsp3) is 0.217. The average molecular weight is 454 g/mol. The van der Waals surface area contributed by atoms with Gasteiger partial charge in [-0.25, -0.2) is 4.79 Å². The van der Waals surface area contributed by atoms with E-state index in [4.69, 9.17) is 15.2 Å². The molecule has 0 bridgehead atoms. The lowest BCUT2D eigenvalue weighted by Crippen LogP contribution is -2.34. The summed E-state index contributed by atoms with van der Waals surface area (Å²) in [6.07, 6.45) is -0.456. The Morgan fingerprint density at radius 2 is 1.88 bits per heavy atom. The average Bonchev–Trinajstić information content (AvgIpc) is 3.19. The van der Waals surface area contributed by atoms with E-state index in [1.807, 2.05) is 12.1 Å². The second-order valence-electron chi connectivity index (χ2n) is 7.27. The monoisotopic (exact) mass is 453 g/mol. The van der Waals surface area contributed by atoms with Crippen LogP contribution in [0.25, 0.3) is 11.1 Å². The molecule has 0 saturated heterocycles. The Labute approximate surface area is 189 Å². The molecule has 166 valence electrons. The number of rotatable bonds is 5. The van der Waals surface area contributed by atoms with Crippen molar-refractivity contribution >= 4 is 34.7 Å². The SMILES string of the molecule is COc1ccc(-c2c(C(=O)Nc3ccccc3N)sc3c2CCN(C(=O)O)C3)cc1OC. The first-order chi connectivity index (χ1) is 15.4. The van der Waals surface area contributed by atoms with Gasteiger partial charge in [0, 0.05) is 17.0 Å². The van der Waals surface area contributed by atoms with Crippen LogP contribution in [0.15, 0.2) is 42.5 Å². The van der Waals surface area contributed by atoms with Crippen LogP contribution in [-0.4, -0.2) is 42.8 Å². The summed E-state index contributed by atoms with van der Waals surface area (Å²) >= 11 is 1.30. The number of nitrogens with one attached hydrogen (secondary N) is 1. The van der Waals surface area contributed by atoms with Crippen LogP contribution in [0.1, 0.15) is 20.1 Å². The first-order valence-electron chi connectivity index (χ1n) is 9.93. The third-order valence-electron chi connectivity index (χ3n) is 5.41. The van der Waals surface area contributed by atoms with Gasteiger partial charge in [0.15, 0.2) is 11.5 Å². The molecule has 0 fully saturated rings. The van der Waals surface area contributed by atoms with Crippen LogP contribution >= 0.6 is 11.3 Å². The van der Waals surface area contributed by atoms with Crippen molar-refractivity contribution in [2.45, 2.75) is 13.0 Å². The van der Waals surface area contributed by atoms with Gasteiger partial charge in [0.1, 0.15) is 4.88 Å². The summed E-state index contributed by atoms with van der Waals surface area (Å²) in [4.78, 5) is 27.5. The molecular formula is C23H23N3O5S. The summed E-state index contributed by atoms with van der Waals surface area (Å²) in [7, 11) is 3.12. The maximum Gasteiger partial charge on any atom is 0.407 e. The predicted octanol–water partition coefficient (Wildman–Crippen LogP) is 4.30. The fourth-order valence-corrected chi connectivity index (χ4v) is 5.09. The highest BCUT2D eigenvalue weighted by Crippen LogP contribution is 2.42. The molecule has 2 amide bonds. The molecule has 4 N–H and O–H groups in total. The van der Waals surface area contributed by atoms with Crippen molar-refractivity contribution in [3.05, 3.63) is 57.8 Å². The number of nitrogen functional groups attached to an aromatic ring is 1. The number of fused-ring (bicyclic) bond motifs is 1. The van der Waals surface area contributed by atoms with Crippen molar-refractivity contribution in [3.8, 4) is 22.6 Å². The van der Waals surface area contributed by atoms with Gasteiger partial charge in [-0.2, -0.15) is 0 Å². The van der Waals surface area contributed by atoms with Crippen LogP contribution in [0.3, 0.4) is 0 Å². The molecule has 2 heterocycles. The molecule has 32 heavy (non-hydrogen) atoms. The first kappa shape index (κ1) is 21.5. The molecule has 8 nitrogen and oxygen atoms in total. The number of benzene rings is 2. The lowest BCUT2D eigenvalue weighted by Gasteiger charge is -2.24. The van der Waals surface area contributed by atoms with Crippen LogP contribution < -0.4 is 20.5 Å². The molecule has 0 saturated carbocycles. The first-order valence-corrected chi connectivity index (χ1v) is 10.7. The van der Waals surface area contributed by atoms with Gasteiger partial charge in [-0.05, 0) is 41.8 Å². The Bertz CT molecular complexity index is 1190. The number of carbonyl (C=O) groups excluding carboxylic acids is 1. The molecule has 1 aromatic heterocycles. The van der Waals surface area contributed by atoms with E-state index in [1.54, 1.807) is 44.6 Å². The highest BCUT2D eigenvalue weighted by molar-refractivity contribution is 7.15. The highest BCUT2D eigenvalue weighted by Gasteiger charge is 2.30. The lowest BCUT2D eigenvalue weighted by molar-refractivity contribution is 0.103. The van der Waals surface area contributed by atoms with Crippen LogP contribution in [0.5, 0.6) is 11.5 Å². The fourth-order valence-electron chi connectivity index (χ4n) is 3.81. The number of carboxylic acid groups (broad SMARTS) is 1. The van der Waals surface area contributed by atoms with Crippen molar-refractivity contribution in [1.29, 1.82) is 0 Å². The summed E-state index contributed by atoms with van der Waals surface area (Å²) in [5.41, 5.74) is 9.55. The zero-order valence-corrected chi connectivity index (χ0v) is 18.5. The van der Waals surface area contributed by atoms with Crippen molar-refractivity contribution < 1.29 is 24.2 Å². The van der Waals surface area contributed by atoms with E-state index in [9.17, 15) is 14.7 Å². The standard InChI is InChI=1S/C23H23N3O5S/c1-30-17-8-7-13(11-18(17)31-2)20-14-9-10-26(23(28)29)12-19(14)32-21(20)22(27)25-16-6-4-3-5-15(16)24/h3-8,11H,9-10,12,24H2,1-2H3,(H,25,27)(H,28,29). The Kier molecular flexibility index (Phi) is 5.91. The number of thiophene rings is 1. The molecular weight excluding hydrogens is 430 g/mol. The van der Waals surface area contributed by atoms with E-state index in [2.05, 4.69) is 5.32 Å². The minimum atomic E-state index is -0.972. The molecule has 2 aromatic carbocycles. The molecule has 0 unspecified atom stereocenters. The van der Waals surface area contributed by atoms with Gasteiger partial charge >= 0.3 is 6.09 Å². The van der Waals surface area contributed by atoms with Gasteiger partial charge in [-0.15, -0.1) is 11.3 Å². The number of hydrogen-bond donors (Lipinski definition) is 3. The third-order valence-corrected chi connectivity index (χ3v) is 6.63. The molecule has 0 spiro atoms. The van der Waals surface area contributed by atoms with E-state index >= 15 is 0 Å². The zero-order valence-electron chi connectivity index (χ0n) is 17.7. The minimum absolute atomic E-state index is 0.246. The maximum atomic E-state index is 13.3. The summed E-state index contributed by atoms with van der Waals surface area (Å²) in [5, 5.41) is 12.3. The number of nitrogens with two attached hydrogens (primary N) is 1. The summed E-state index contributed by atoms with van der Waals surface area (Å²) < 4.78 is 10.8. The molecule has 9 heteroatoms. The molecule has 4 rings (SSSR count). The largest absolute Gasteiger partial charge is 0.493 e. The molecule has 0 atom stereocenters. The third kappa shape index (κ3) is 3.94. The van der Waals surface area contributed by atoms with Gasteiger partial charge in [0.25, 0.3) is 5.91 Å². The van der Waals surface area contributed by atoms with E-state index in [0.29, 0.717) is 40.7 Å². The van der Waals surface area contributed by atoms with Crippen LogP contribution in [0, 0.1) is 0 Å². The van der Waals surface area contributed by atoms with E-state index in [-0.39, 0.29) is 12.5 Å².